The minimum atomic E-state index is -0.229. The van der Waals surface area contributed by atoms with Crippen LogP contribution in [0.25, 0.3) is 0 Å². The number of hydrogen-bond acceptors (Lipinski definition) is 4. The number of esters is 1. The van der Waals surface area contributed by atoms with Gasteiger partial charge in [0.15, 0.2) is 0 Å². The van der Waals surface area contributed by atoms with Crippen LogP contribution in [-0.4, -0.2) is 42.8 Å². The van der Waals surface area contributed by atoms with Gasteiger partial charge in [-0.25, -0.2) is 0 Å². The van der Waals surface area contributed by atoms with E-state index in [2.05, 4.69) is 15.9 Å². The Morgan fingerprint density at radius 2 is 2.00 bits per heavy atom. The number of hydrogen-bond donors (Lipinski definition) is 0. The average Bonchev–Trinajstić information content (AvgIpc) is 3.05. The zero-order valence-electron chi connectivity index (χ0n) is 10.9. The molecule has 0 heterocycles. The van der Waals surface area contributed by atoms with Crippen LogP contribution in [0.5, 0.6) is 0 Å². The number of carbonyl (C=O) groups excluding carboxylic acids is 1. The van der Waals surface area contributed by atoms with Gasteiger partial charge in [0.1, 0.15) is 10.9 Å². The molecule has 0 aromatic rings. The van der Waals surface area contributed by atoms with Crippen molar-refractivity contribution in [3.63, 3.8) is 0 Å². The highest BCUT2D eigenvalue weighted by Gasteiger charge is 2.56. The molecule has 18 heavy (non-hydrogen) atoms. The molecule has 4 nitrogen and oxygen atoms in total. The van der Waals surface area contributed by atoms with Crippen molar-refractivity contribution in [2.24, 2.45) is 11.8 Å². The molecule has 0 unspecified atom stereocenters. The first-order valence-electron chi connectivity index (χ1n) is 6.67. The summed E-state index contributed by atoms with van der Waals surface area (Å²) in [5.74, 6) is 0.952. The van der Waals surface area contributed by atoms with Crippen molar-refractivity contribution in [1.29, 1.82) is 0 Å². The van der Waals surface area contributed by atoms with Gasteiger partial charge < -0.3 is 14.2 Å². The summed E-state index contributed by atoms with van der Waals surface area (Å²) >= 11 is 3.23. The summed E-state index contributed by atoms with van der Waals surface area (Å²) in [5.41, 5.74) is 0. The Labute approximate surface area is 116 Å². The van der Waals surface area contributed by atoms with Crippen LogP contribution in [0.15, 0.2) is 0 Å². The van der Waals surface area contributed by atoms with Gasteiger partial charge in [0.2, 0.25) is 0 Å². The fraction of sp³-hybridized carbons (Fsp3) is 0.923. The van der Waals surface area contributed by atoms with Crippen LogP contribution in [0.2, 0.25) is 0 Å². The third-order valence-corrected chi connectivity index (χ3v) is 4.04. The highest BCUT2D eigenvalue weighted by Crippen LogP contribution is 2.54. The molecule has 0 N–H and O–H groups in total. The smallest absolute Gasteiger partial charge is 0.319 e. The van der Waals surface area contributed by atoms with E-state index in [1.807, 2.05) is 6.92 Å². The van der Waals surface area contributed by atoms with E-state index in [9.17, 15) is 4.79 Å². The summed E-state index contributed by atoms with van der Waals surface area (Å²) in [4.78, 5) is 11.3. The molecule has 5 atom stereocenters. The van der Waals surface area contributed by atoms with Crippen molar-refractivity contribution in [2.75, 3.05) is 19.8 Å². The minimum Gasteiger partial charge on any atom is -0.461 e. The second-order valence-electron chi connectivity index (χ2n) is 5.00. The summed E-state index contributed by atoms with van der Waals surface area (Å²) in [6.45, 7) is 5.77. The molecule has 0 aromatic carbocycles. The predicted octanol–water partition coefficient (Wildman–Crippen LogP) is 2.14. The Morgan fingerprint density at radius 3 is 2.67 bits per heavy atom. The van der Waals surface area contributed by atoms with Crippen molar-refractivity contribution in [2.45, 2.75) is 43.7 Å². The summed E-state index contributed by atoms with van der Waals surface area (Å²) in [6, 6.07) is 0. The van der Waals surface area contributed by atoms with E-state index in [0.717, 1.165) is 19.4 Å². The first-order chi connectivity index (χ1) is 8.63. The lowest BCUT2D eigenvalue weighted by atomic mass is 10.2. The van der Waals surface area contributed by atoms with Gasteiger partial charge in [0.25, 0.3) is 0 Å². The molecular formula is C13H21BrO4. The molecule has 0 spiro atoms. The molecule has 2 aliphatic carbocycles. The van der Waals surface area contributed by atoms with Crippen molar-refractivity contribution in [3.05, 3.63) is 0 Å². The highest BCUT2D eigenvalue weighted by molar-refractivity contribution is 9.10. The highest BCUT2D eigenvalue weighted by atomic mass is 79.9. The number of rotatable bonds is 7. The van der Waals surface area contributed by atoms with Crippen molar-refractivity contribution >= 4 is 21.9 Å². The topological polar surface area (TPSA) is 44.8 Å². The lowest BCUT2D eigenvalue weighted by molar-refractivity contribution is -0.149. The molecule has 0 radical (unpaired) electrons. The van der Waals surface area contributed by atoms with Crippen LogP contribution in [-0.2, 0) is 19.0 Å². The third kappa shape index (κ3) is 3.45. The van der Waals surface area contributed by atoms with Gasteiger partial charge >= 0.3 is 5.97 Å². The Morgan fingerprint density at radius 1 is 1.28 bits per heavy atom. The lowest BCUT2D eigenvalue weighted by Crippen LogP contribution is -2.25. The van der Waals surface area contributed by atoms with E-state index in [-0.39, 0.29) is 23.0 Å². The number of halogens is 1. The van der Waals surface area contributed by atoms with Gasteiger partial charge in [-0.05, 0) is 26.2 Å². The summed E-state index contributed by atoms with van der Waals surface area (Å²) in [6.07, 6.45) is 2.28. The fourth-order valence-electron chi connectivity index (χ4n) is 2.64. The quantitative estimate of drug-likeness (QED) is 0.409. The van der Waals surface area contributed by atoms with E-state index in [0.29, 0.717) is 25.0 Å². The van der Waals surface area contributed by atoms with Gasteiger partial charge in [-0.15, -0.1) is 0 Å². The standard InChI is InChI=1S/C13H21BrO4/c1-3-16-4-5-17-11-7-12(10-6-9(10)11)18-13(15)8(2)14/h8-12H,3-7H2,1-2H3/t8-,9+,10-,11+,12-/m0/s1. The SMILES string of the molecule is CCOCCO[C@@H]1C[C@H](OC(=O)[C@H](C)Br)[C@H]2C[C@H]21. The van der Waals surface area contributed by atoms with Crippen LogP contribution < -0.4 is 0 Å². The molecule has 0 saturated heterocycles. The van der Waals surface area contributed by atoms with Crippen LogP contribution in [0, 0.1) is 11.8 Å². The maximum atomic E-state index is 11.5. The van der Waals surface area contributed by atoms with Crippen LogP contribution in [0.3, 0.4) is 0 Å². The largest absolute Gasteiger partial charge is 0.461 e. The number of carbonyl (C=O) groups is 1. The van der Waals surface area contributed by atoms with Crippen molar-refractivity contribution < 1.29 is 19.0 Å². The number of alkyl halides is 1. The molecule has 0 bridgehead atoms. The predicted molar refractivity (Wildman–Crippen MR) is 70.7 cm³/mol. The molecule has 2 rings (SSSR count). The molecule has 0 aromatic heterocycles. The Hall–Kier alpha value is -0.130. The zero-order chi connectivity index (χ0) is 13.1. The monoisotopic (exact) mass is 320 g/mol. The van der Waals surface area contributed by atoms with Gasteiger partial charge in [0, 0.05) is 18.9 Å². The molecule has 5 heteroatoms. The summed E-state index contributed by atoms with van der Waals surface area (Å²) < 4.78 is 16.5. The third-order valence-electron chi connectivity index (χ3n) is 3.67. The van der Waals surface area contributed by atoms with E-state index in [1.54, 1.807) is 6.92 Å². The van der Waals surface area contributed by atoms with Gasteiger partial charge in [-0.2, -0.15) is 0 Å². The first kappa shape index (κ1) is 14.3. The molecule has 2 fully saturated rings. The molecule has 2 aliphatic rings. The molecule has 2 saturated carbocycles. The fourth-order valence-corrected chi connectivity index (χ4v) is 2.75. The summed E-state index contributed by atoms with van der Waals surface area (Å²) in [5, 5.41) is 0. The van der Waals surface area contributed by atoms with Crippen molar-refractivity contribution in [3.8, 4) is 0 Å². The Kier molecular flexibility index (Phi) is 5.04. The maximum absolute atomic E-state index is 11.5. The maximum Gasteiger partial charge on any atom is 0.319 e. The lowest BCUT2D eigenvalue weighted by Gasteiger charge is -2.18. The van der Waals surface area contributed by atoms with Crippen molar-refractivity contribution in [1.82, 2.24) is 0 Å². The van der Waals surface area contributed by atoms with Gasteiger partial charge in [0.05, 0.1) is 19.3 Å². The minimum absolute atomic E-state index is 0.0552. The first-order valence-corrected chi connectivity index (χ1v) is 7.59. The molecule has 0 amide bonds. The Bertz CT molecular complexity index is 295. The van der Waals surface area contributed by atoms with Crippen LogP contribution in [0.1, 0.15) is 26.7 Å². The second kappa shape index (κ2) is 6.35. The molecule has 0 aliphatic heterocycles. The van der Waals surface area contributed by atoms with Crippen LogP contribution >= 0.6 is 15.9 Å². The average molecular weight is 321 g/mol. The summed E-state index contributed by atoms with van der Waals surface area (Å²) in [7, 11) is 0. The van der Waals surface area contributed by atoms with E-state index < -0.39 is 0 Å². The zero-order valence-corrected chi connectivity index (χ0v) is 12.5. The normalized spacial score (nSPS) is 35.1. The van der Waals surface area contributed by atoms with E-state index >= 15 is 0 Å². The van der Waals surface area contributed by atoms with E-state index in [4.69, 9.17) is 14.2 Å². The molecular weight excluding hydrogens is 300 g/mol. The number of fused-ring (bicyclic) bond motifs is 1. The van der Waals surface area contributed by atoms with Crippen LogP contribution in [0.4, 0.5) is 0 Å². The second-order valence-corrected chi connectivity index (χ2v) is 6.37. The van der Waals surface area contributed by atoms with Gasteiger partial charge in [-0.1, -0.05) is 15.9 Å². The Balaban J connectivity index is 1.70. The molecule has 104 valence electrons. The van der Waals surface area contributed by atoms with Gasteiger partial charge in [-0.3, -0.25) is 4.79 Å². The van der Waals surface area contributed by atoms with E-state index in [1.165, 1.54) is 0 Å². The number of ether oxygens (including phenoxy) is 3.